The van der Waals surface area contributed by atoms with Crippen molar-refractivity contribution in [1.29, 1.82) is 0 Å². The second-order valence-corrected chi connectivity index (χ2v) is 5.22. The molecule has 0 heterocycles. The molecule has 0 radical (unpaired) electrons. The summed E-state index contributed by atoms with van der Waals surface area (Å²) in [7, 11) is 0. The maximum atomic E-state index is 9.15. The van der Waals surface area contributed by atoms with E-state index in [9.17, 15) is 0 Å². The van der Waals surface area contributed by atoms with Crippen LogP contribution in [-0.4, -0.2) is 17.4 Å². The lowest BCUT2D eigenvalue weighted by molar-refractivity contribution is 0.0103. The van der Waals surface area contributed by atoms with Gasteiger partial charge in [0.25, 0.3) is 0 Å². The maximum Gasteiger partial charge on any atom is 0.113 e. The summed E-state index contributed by atoms with van der Waals surface area (Å²) in [6, 6.07) is 0. The lowest BCUT2D eigenvalue weighted by Gasteiger charge is -2.26. The van der Waals surface area contributed by atoms with E-state index < -0.39 is 5.72 Å². The molecule has 0 aromatic rings. The van der Waals surface area contributed by atoms with Crippen LogP contribution in [0.4, 0.5) is 0 Å². The average molecular weight is 244 g/mol. The molecule has 1 saturated carbocycles. The molecule has 5 N–H and O–H groups in total. The number of hydrogen-bond acceptors (Lipinski definition) is 3. The second-order valence-electron chi connectivity index (χ2n) is 5.22. The summed E-state index contributed by atoms with van der Waals surface area (Å²) in [5.41, 5.74) is 9.96. The molecule has 0 bridgehead atoms. The summed E-state index contributed by atoms with van der Waals surface area (Å²) in [6.07, 6.45) is 13.0. The summed E-state index contributed by atoms with van der Waals surface area (Å²) < 4.78 is 0. The smallest absolute Gasteiger partial charge is 0.113 e. The van der Waals surface area contributed by atoms with E-state index in [4.69, 9.17) is 16.6 Å². The molecule has 0 atom stereocenters. The molecule has 0 unspecified atom stereocenters. The molecule has 0 aliphatic heterocycles. The maximum absolute atomic E-state index is 9.15. The topological polar surface area (TPSA) is 72.3 Å². The van der Waals surface area contributed by atoms with Crippen LogP contribution < -0.4 is 11.5 Å². The van der Waals surface area contributed by atoms with Crippen molar-refractivity contribution in [2.75, 3.05) is 6.54 Å². The predicted molar refractivity (Wildman–Crippen MR) is 74.7 cm³/mol. The standard InChI is InChI=1S/C8H19N.C6H13NO/c1-2-3-4-5-6-7-8-9;7-6(8)4-2-1-3-5-6/h2-9H2,1H3;8H,1-5,7H2. The van der Waals surface area contributed by atoms with Crippen LogP contribution in [0, 0.1) is 0 Å². The van der Waals surface area contributed by atoms with Gasteiger partial charge in [0.05, 0.1) is 0 Å². The fourth-order valence-electron chi connectivity index (χ4n) is 2.09. The number of aliphatic hydroxyl groups is 1. The first-order chi connectivity index (χ1) is 8.12. The zero-order chi connectivity index (χ0) is 13.0. The molecule has 3 heteroatoms. The molecule has 1 fully saturated rings. The normalized spacial score (nSPS) is 18.4. The minimum Gasteiger partial charge on any atom is -0.376 e. The minimum absolute atomic E-state index is 0.785. The third-order valence-corrected chi connectivity index (χ3v) is 3.28. The lowest BCUT2D eigenvalue weighted by atomic mass is 9.93. The van der Waals surface area contributed by atoms with Crippen molar-refractivity contribution in [3.8, 4) is 0 Å². The highest BCUT2D eigenvalue weighted by molar-refractivity contribution is 4.74. The van der Waals surface area contributed by atoms with Gasteiger partial charge in [-0.25, -0.2) is 0 Å². The van der Waals surface area contributed by atoms with Crippen molar-refractivity contribution in [3.05, 3.63) is 0 Å². The zero-order valence-electron chi connectivity index (χ0n) is 11.6. The van der Waals surface area contributed by atoms with Crippen molar-refractivity contribution in [3.63, 3.8) is 0 Å². The largest absolute Gasteiger partial charge is 0.376 e. The van der Waals surface area contributed by atoms with Crippen LogP contribution in [0.1, 0.15) is 77.6 Å². The van der Waals surface area contributed by atoms with Gasteiger partial charge in [-0.15, -0.1) is 0 Å². The van der Waals surface area contributed by atoms with Crippen LogP contribution in [0.3, 0.4) is 0 Å². The molecule has 1 rings (SSSR count). The first kappa shape index (κ1) is 16.9. The van der Waals surface area contributed by atoms with E-state index >= 15 is 0 Å². The third-order valence-electron chi connectivity index (χ3n) is 3.28. The van der Waals surface area contributed by atoms with Gasteiger partial charge < -0.3 is 16.6 Å². The molecule has 0 saturated heterocycles. The van der Waals surface area contributed by atoms with Crippen molar-refractivity contribution < 1.29 is 5.11 Å². The fourth-order valence-corrected chi connectivity index (χ4v) is 2.09. The van der Waals surface area contributed by atoms with Gasteiger partial charge in [-0.2, -0.15) is 0 Å². The monoisotopic (exact) mass is 244 g/mol. The first-order valence-corrected chi connectivity index (χ1v) is 7.33. The molecule has 0 aromatic heterocycles. The van der Waals surface area contributed by atoms with Crippen LogP contribution in [0.15, 0.2) is 0 Å². The van der Waals surface area contributed by atoms with Gasteiger partial charge >= 0.3 is 0 Å². The van der Waals surface area contributed by atoms with Crippen LogP contribution in [-0.2, 0) is 0 Å². The number of nitrogens with two attached hydrogens (primary N) is 2. The van der Waals surface area contributed by atoms with E-state index in [-0.39, 0.29) is 0 Å². The Labute approximate surface area is 107 Å². The van der Waals surface area contributed by atoms with Crippen LogP contribution in [0.5, 0.6) is 0 Å². The SMILES string of the molecule is CCCCCCCCN.NC1(O)CCCCC1. The van der Waals surface area contributed by atoms with E-state index in [1.807, 2.05) is 0 Å². The fraction of sp³-hybridized carbons (Fsp3) is 1.00. The van der Waals surface area contributed by atoms with Gasteiger partial charge in [0.2, 0.25) is 0 Å². The Bertz CT molecular complexity index is 146. The van der Waals surface area contributed by atoms with Gasteiger partial charge in [-0.1, -0.05) is 45.4 Å². The average Bonchev–Trinajstić information content (AvgIpc) is 2.29. The highest BCUT2D eigenvalue weighted by atomic mass is 16.3. The molecular formula is C14H32N2O. The van der Waals surface area contributed by atoms with E-state index in [2.05, 4.69) is 6.92 Å². The Kier molecular flexibility index (Phi) is 10.9. The van der Waals surface area contributed by atoms with E-state index in [1.54, 1.807) is 0 Å². The lowest BCUT2D eigenvalue weighted by Crippen LogP contribution is -2.40. The summed E-state index contributed by atoms with van der Waals surface area (Å²) in [4.78, 5) is 0. The predicted octanol–water partition coefficient (Wildman–Crippen LogP) is 2.90. The van der Waals surface area contributed by atoms with Crippen LogP contribution in [0.2, 0.25) is 0 Å². The molecule has 104 valence electrons. The van der Waals surface area contributed by atoms with Crippen LogP contribution in [0.25, 0.3) is 0 Å². The van der Waals surface area contributed by atoms with E-state index in [0.717, 1.165) is 32.2 Å². The summed E-state index contributed by atoms with van der Waals surface area (Å²) >= 11 is 0. The van der Waals surface area contributed by atoms with Gasteiger partial charge in [-0.05, 0) is 38.6 Å². The van der Waals surface area contributed by atoms with Crippen LogP contribution >= 0.6 is 0 Å². The van der Waals surface area contributed by atoms with Crippen molar-refractivity contribution in [2.45, 2.75) is 83.3 Å². The van der Waals surface area contributed by atoms with E-state index in [1.165, 1.54) is 44.9 Å². The number of rotatable bonds is 6. The van der Waals surface area contributed by atoms with E-state index in [0.29, 0.717) is 0 Å². The second kappa shape index (κ2) is 11.0. The quantitative estimate of drug-likeness (QED) is 0.497. The van der Waals surface area contributed by atoms with Gasteiger partial charge in [-0.3, -0.25) is 0 Å². The molecule has 3 nitrogen and oxygen atoms in total. The van der Waals surface area contributed by atoms with Gasteiger partial charge in [0, 0.05) is 0 Å². The number of unbranched alkanes of at least 4 members (excludes halogenated alkanes) is 5. The molecule has 17 heavy (non-hydrogen) atoms. The molecule has 1 aliphatic rings. The Balaban J connectivity index is 0.000000302. The Morgan fingerprint density at radius 2 is 1.47 bits per heavy atom. The third kappa shape index (κ3) is 12.1. The first-order valence-electron chi connectivity index (χ1n) is 7.33. The van der Waals surface area contributed by atoms with Crippen molar-refractivity contribution in [2.24, 2.45) is 11.5 Å². The highest BCUT2D eigenvalue weighted by Crippen LogP contribution is 2.22. The Morgan fingerprint density at radius 1 is 0.941 bits per heavy atom. The highest BCUT2D eigenvalue weighted by Gasteiger charge is 2.22. The minimum atomic E-state index is -0.821. The molecular weight excluding hydrogens is 212 g/mol. The molecule has 0 aromatic carbocycles. The molecule has 0 amide bonds. The number of hydrogen-bond donors (Lipinski definition) is 3. The Hall–Kier alpha value is -0.120. The van der Waals surface area contributed by atoms with Gasteiger partial charge in [0.1, 0.15) is 5.72 Å². The zero-order valence-corrected chi connectivity index (χ0v) is 11.6. The van der Waals surface area contributed by atoms with Gasteiger partial charge in [0.15, 0.2) is 0 Å². The van der Waals surface area contributed by atoms with Crippen molar-refractivity contribution in [1.82, 2.24) is 0 Å². The molecule has 1 aliphatic carbocycles. The summed E-state index contributed by atoms with van der Waals surface area (Å²) in [6.45, 7) is 3.11. The molecule has 0 spiro atoms. The summed E-state index contributed by atoms with van der Waals surface area (Å²) in [5.74, 6) is 0. The van der Waals surface area contributed by atoms with Crippen molar-refractivity contribution >= 4 is 0 Å². The summed E-state index contributed by atoms with van der Waals surface area (Å²) in [5, 5.41) is 9.15. The Morgan fingerprint density at radius 3 is 1.88 bits per heavy atom.